The van der Waals surface area contributed by atoms with Crippen molar-refractivity contribution in [3.05, 3.63) is 0 Å². The lowest BCUT2D eigenvalue weighted by Crippen LogP contribution is -2.53. The van der Waals surface area contributed by atoms with Gasteiger partial charge in [-0.05, 0) is 55.3 Å². The lowest BCUT2D eigenvalue weighted by Gasteiger charge is -2.41. The maximum absolute atomic E-state index is 11.6. The molecule has 4 nitrogen and oxygen atoms in total. The Morgan fingerprint density at radius 2 is 1.88 bits per heavy atom. The highest BCUT2D eigenvalue weighted by Crippen LogP contribution is 2.66. The molecule has 4 atom stereocenters. The predicted molar refractivity (Wildman–Crippen MR) is 99.2 cm³/mol. The summed E-state index contributed by atoms with van der Waals surface area (Å²) in [6, 6.07) is 0. The number of esters is 1. The molecule has 3 aliphatic rings. The molecular formula is C21H38NO3+. The molecule has 1 aliphatic heterocycles. The number of nitrogens with zero attached hydrogens (tertiary/aromatic N) is 1. The van der Waals surface area contributed by atoms with Gasteiger partial charge in [-0.2, -0.15) is 0 Å². The third-order valence-corrected chi connectivity index (χ3v) is 8.07. The number of piperidine rings is 1. The molecule has 3 rings (SSSR count). The Bertz CT molecular complexity index is 497. The molecule has 0 amide bonds. The number of rotatable bonds is 6. The SMILES string of the molecule is CC(=O)O[C@@H](CO[C@H]1C[C@@H]2CC[C@]1(C)C2(C)C)C[N+]1(C)CCCCC1. The van der Waals surface area contributed by atoms with Crippen molar-refractivity contribution in [3.63, 3.8) is 0 Å². The standard InChI is InChI=1S/C21H38NO3/c1-16(23)25-18(14-22(5)11-7-6-8-12-22)15-24-19-13-17-9-10-21(19,4)20(17,2)3/h17-19H,6-15H2,1-5H3/q+1/t17-,18+,19-,21-/m0/s1. The van der Waals surface area contributed by atoms with E-state index in [1.54, 1.807) is 0 Å². The smallest absolute Gasteiger partial charge is 0.303 e. The largest absolute Gasteiger partial charge is 0.454 e. The molecule has 1 saturated heterocycles. The Labute approximate surface area is 153 Å². The van der Waals surface area contributed by atoms with E-state index in [0.717, 1.165) is 16.9 Å². The van der Waals surface area contributed by atoms with Gasteiger partial charge in [0.25, 0.3) is 0 Å². The molecule has 1 heterocycles. The topological polar surface area (TPSA) is 35.5 Å². The lowest BCUT2D eigenvalue weighted by molar-refractivity contribution is -0.916. The first-order chi connectivity index (χ1) is 11.7. The van der Waals surface area contributed by atoms with Crippen molar-refractivity contribution in [2.45, 2.75) is 78.4 Å². The monoisotopic (exact) mass is 352 g/mol. The Kier molecular flexibility index (Phi) is 5.25. The van der Waals surface area contributed by atoms with Gasteiger partial charge in [-0.3, -0.25) is 4.79 Å². The summed E-state index contributed by atoms with van der Waals surface area (Å²) in [5, 5.41) is 0. The van der Waals surface area contributed by atoms with Gasteiger partial charge in [0.05, 0.1) is 32.8 Å². The van der Waals surface area contributed by atoms with Crippen LogP contribution in [-0.4, -0.2) is 55.9 Å². The molecule has 2 bridgehead atoms. The van der Waals surface area contributed by atoms with Gasteiger partial charge in [0, 0.05) is 6.92 Å². The lowest BCUT2D eigenvalue weighted by atomic mass is 9.70. The van der Waals surface area contributed by atoms with Crippen LogP contribution in [0.25, 0.3) is 0 Å². The van der Waals surface area contributed by atoms with E-state index in [2.05, 4.69) is 27.8 Å². The first kappa shape index (κ1) is 19.2. The van der Waals surface area contributed by atoms with Gasteiger partial charge in [-0.15, -0.1) is 0 Å². The molecule has 0 aromatic rings. The summed E-state index contributed by atoms with van der Waals surface area (Å²) in [7, 11) is 2.30. The van der Waals surface area contributed by atoms with Crippen molar-refractivity contribution in [2.75, 3.05) is 33.3 Å². The normalized spacial score (nSPS) is 37.0. The second kappa shape index (κ2) is 6.84. The molecule has 0 radical (unpaired) electrons. The van der Waals surface area contributed by atoms with Crippen molar-refractivity contribution in [3.8, 4) is 0 Å². The van der Waals surface area contributed by atoms with Crippen LogP contribution < -0.4 is 0 Å². The average molecular weight is 353 g/mol. The van der Waals surface area contributed by atoms with Crippen LogP contribution in [0.15, 0.2) is 0 Å². The summed E-state index contributed by atoms with van der Waals surface area (Å²) in [6.45, 7) is 12.6. The van der Waals surface area contributed by atoms with Crippen molar-refractivity contribution in [1.82, 2.24) is 0 Å². The van der Waals surface area contributed by atoms with E-state index < -0.39 is 0 Å². The molecule has 25 heavy (non-hydrogen) atoms. The molecule has 4 heteroatoms. The number of quaternary nitrogens is 1. The summed E-state index contributed by atoms with van der Waals surface area (Å²) in [4.78, 5) is 11.6. The molecule has 0 aromatic carbocycles. The molecule has 144 valence electrons. The molecule has 2 saturated carbocycles. The molecule has 0 N–H and O–H groups in total. The maximum atomic E-state index is 11.6. The van der Waals surface area contributed by atoms with Gasteiger partial charge in [0.1, 0.15) is 6.54 Å². The van der Waals surface area contributed by atoms with E-state index >= 15 is 0 Å². The van der Waals surface area contributed by atoms with Crippen molar-refractivity contribution >= 4 is 5.97 Å². The van der Waals surface area contributed by atoms with Gasteiger partial charge < -0.3 is 14.0 Å². The number of ether oxygens (including phenoxy) is 2. The Morgan fingerprint density at radius 3 is 2.40 bits per heavy atom. The van der Waals surface area contributed by atoms with Crippen LogP contribution in [0, 0.1) is 16.7 Å². The predicted octanol–water partition coefficient (Wildman–Crippen LogP) is 3.78. The average Bonchev–Trinajstić information content (AvgIpc) is 2.85. The van der Waals surface area contributed by atoms with Crippen molar-refractivity contribution in [2.24, 2.45) is 16.7 Å². The van der Waals surface area contributed by atoms with E-state index in [-0.39, 0.29) is 17.5 Å². The molecule has 0 spiro atoms. The Hall–Kier alpha value is -0.610. The van der Waals surface area contributed by atoms with Gasteiger partial charge in [0.2, 0.25) is 0 Å². The number of fused-ring (bicyclic) bond motifs is 2. The third-order valence-electron chi connectivity index (χ3n) is 8.07. The van der Waals surface area contributed by atoms with E-state index in [0.29, 0.717) is 18.1 Å². The zero-order valence-electron chi connectivity index (χ0n) is 17.0. The van der Waals surface area contributed by atoms with Crippen LogP contribution in [0.3, 0.4) is 0 Å². The second-order valence-corrected chi connectivity index (χ2v) is 9.97. The van der Waals surface area contributed by atoms with Crippen molar-refractivity contribution < 1.29 is 18.8 Å². The summed E-state index contributed by atoms with van der Waals surface area (Å²) < 4.78 is 13.1. The van der Waals surface area contributed by atoms with E-state index in [9.17, 15) is 4.79 Å². The van der Waals surface area contributed by atoms with Gasteiger partial charge in [0.15, 0.2) is 6.10 Å². The first-order valence-corrected chi connectivity index (χ1v) is 10.3. The van der Waals surface area contributed by atoms with Crippen LogP contribution in [0.1, 0.15) is 66.2 Å². The number of hydrogen-bond donors (Lipinski definition) is 0. The van der Waals surface area contributed by atoms with Crippen LogP contribution in [0.5, 0.6) is 0 Å². The Morgan fingerprint density at radius 1 is 1.20 bits per heavy atom. The highest BCUT2D eigenvalue weighted by Gasteiger charge is 2.62. The highest BCUT2D eigenvalue weighted by atomic mass is 16.6. The minimum atomic E-state index is -0.184. The second-order valence-electron chi connectivity index (χ2n) is 9.97. The highest BCUT2D eigenvalue weighted by molar-refractivity contribution is 5.66. The third kappa shape index (κ3) is 3.62. The zero-order valence-corrected chi connectivity index (χ0v) is 17.0. The summed E-state index contributed by atoms with van der Waals surface area (Å²) in [5.74, 6) is 0.595. The van der Waals surface area contributed by atoms with Gasteiger partial charge in [-0.25, -0.2) is 0 Å². The van der Waals surface area contributed by atoms with E-state index in [1.165, 1.54) is 58.5 Å². The summed E-state index contributed by atoms with van der Waals surface area (Å²) >= 11 is 0. The number of likely N-dealkylation sites (N-methyl/N-ethyl adjacent to an activating group) is 1. The van der Waals surface area contributed by atoms with E-state index in [4.69, 9.17) is 9.47 Å². The van der Waals surface area contributed by atoms with Crippen LogP contribution in [0.4, 0.5) is 0 Å². The van der Waals surface area contributed by atoms with Crippen LogP contribution in [-0.2, 0) is 14.3 Å². The van der Waals surface area contributed by atoms with Crippen LogP contribution >= 0.6 is 0 Å². The molecule has 0 unspecified atom stereocenters. The minimum Gasteiger partial charge on any atom is -0.454 e. The van der Waals surface area contributed by atoms with Crippen LogP contribution in [0.2, 0.25) is 0 Å². The fourth-order valence-electron chi connectivity index (χ4n) is 5.91. The zero-order chi connectivity index (χ0) is 18.3. The van der Waals surface area contributed by atoms with E-state index in [1.807, 2.05) is 0 Å². The maximum Gasteiger partial charge on any atom is 0.303 e. The van der Waals surface area contributed by atoms with Gasteiger partial charge in [-0.1, -0.05) is 20.8 Å². The fourth-order valence-corrected chi connectivity index (χ4v) is 5.91. The van der Waals surface area contributed by atoms with Crippen molar-refractivity contribution in [1.29, 1.82) is 0 Å². The fraction of sp³-hybridized carbons (Fsp3) is 0.952. The number of carbonyl (C=O) groups excluding carboxylic acids is 1. The quantitative estimate of drug-likeness (QED) is 0.539. The first-order valence-electron chi connectivity index (χ1n) is 10.3. The molecule has 2 aliphatic carbocycles. The molecular weight excluding hydrogens is 314 g/mol. The summed E-state index contributed by atoms with van der Waals surface area (Å²) in [6.07, 6.45) is 7.86. The minimum absolute atomic E-state index is 0.119. The number of carbonyl (C=O) groups is 1. The van der Waals surface area contributed by atoms with Gasteiger partial charge >= 0.3 is 5.97 Å². The molecule has 0 aromatic heterocycles. The summed E-state index contributed by atoms with van der Waals surface area (Å²) in [5.41, 5.74) is 0.627. The molecule has 3 fully saturated rings. The number of likely N-dealkylation sites (tertiary alicyclic amines) is 1. The number of hydrogen-bond acceptors (Lipinski definition) is 3. The Balaban J connectivity index is 1.61.